The maximum absolute atomic E-state index is 13.4. The number of hydrogen-bond acceptors (Lipinski definition) is 4. The summed E-state index contributed by atoms with van der Waals surface area (Å²) >= 11 is 6.93. The molecule has 2 N–H and O–H groups in total. The lowest BCUT2D eigenvalue weighted by atomic mass is 10.3. The summed E-state index contributed by atoms with van der Waals surface area (Å²) in [4.78, 5) is 0.905. The van der Waals surface area contributed by atoms with Gasteiger partial charge >= 0.3 is 0 Å². The van der Waals surface area contributed by atoms with E-state index < -0.39 is 15.8 Å². The maximum Gasteiger partial charge on any atom is 0.263 e. The van der Waals surface area contributed by atoms with Crippen LogP contribution < -0.4 is 10.0 Å². The Balaban J connectivity index is 2.26. The lowest BCUT2D eigenvalue weighted by Crippen LogP contribution is -2.17. The fourth-order valence-corrected chi connectivity index (χ4v) is 4.29. The second-order valence-electron chi connectivity index (χ2n) is 4.22. The van der Waals surface area contributed by atoms with Crippen molar-refractivity contribution in [3.63, 3.8) is 0 Å². The van der Waals surface area contributed by atoms with Gasteiger partial charge in [0.05, 0.1) is 10.7 Å². The number of rotatable bonds is 6. The molecule has 4 nitrogen and oxygen atoms in total. The molecule has 1 aromatic heterocycles. The van der Waals surface area contributed by atoms with Crippen LogP contribution in [0.2, 0.25) is 5.02 Å². The molecule has 0 saturated carbocycles. The van der Waals surface area contributed by atoms with Gasteiger partial charge in [-0.05, 0) is 36.2 Å². The van der Waals surface area contributed by atoms with Crippen LogP contribution in [0.5, 0.6) is 0 Å². The van der Waals surface area contributed by atoms with Crippen molar-refractivity contribution in [3.8, 4) is 0 Å². The minimum Gasteiger partial charge on any atom is -0.312 e. The predicted molar refractivity (Wildman–Crippen MR) is 83.9 cm³/mol. The molecule has 0 bridgehead atoms. The lowest BCUT2D eigenvalue weighted by Gasteiger charge is -2.09. The standard InChI is InChI=1S/C13H14ClFN2O2S2/c1-2-16-8-12-13(5-6-20-12)21(18,19)17-9-3-4-10(14)11(15)7-9/h3-7,16-17H,2,8H2,1H3. The van der Waals surface area contributed by atoms with Gasteiger partial charge in [-0.15, -0.1) is 11.3 Å². The molecule has 0 aliphatic rings. The van der Waals surface area contributed by atoms with E-state index in [9.17, 15) is 12.8 Å². The Labute approximate surface area is 132 Å². The van der Waals surface area contributed by atoms with E-state index in [4.69, 9.17) is 11.6 Å². The molecule has 0 amide bonds. The summed E-state index contributed by atoms with van der Waals surface area (Å²) in [5, 5.41) is 4.74. The summed E-state index contributed by atoms with van der Waals surface area (Å²) in [6.07, 6.45) is 0. The van der Waals surface area contributed by atoms with Crippen molar-refractivity contribution < 1.29 is 12.8 Å². The Morgan fingerprint density at radius 2 is 2.10 bits per heavy atom. The molecule has 8 heteroatoms. The first-order chi connectivity index (χ1) is 9.94. The van der Waals surface area contributed by atoms with Crippen LogP contribution in [-0.2, 0) is 16.6 Å². The van der Waals surface area contributed by atoms with Gasteiger partial charge < -0.3 is 5.32 Å². The first-order valence-electron chi connectivity index (χ1n) is 6.19. The third kappa shape index (κ3) is 3.94. The van der Waals surface area contributed by atoms with E-state index in [1.807, 2.05) is 6.92 Å². The Kier molecular flexibility index (Phi) is 5.21. The number of halogens is 2. The number of anilines is 1. The molecule has 2 rings (SSSR count). The summed E-state index contributed by atoms with van der Waals surface area (Å²) in [5.74, 6) is -0.671. The Morgan fingerprint density at radius 3 is 2.76 bits per heavy atom. The normalized spacial score (nSPS) is 11.6. The molecule has 0 atom stereocenters. The largest absolute Gasteiger partial charge is 0.312 e. The first kappa shape index (κ1) is 16.2. The van der Waals surface area contributed by atoms with Crippen LogP contribution in [0.25, 0.3) is 0 Å². The van der Waals surface area contributed by atoms with Crippen molar-refractivity contribution in [3.05, 3.63) is 45.4 Å². The van der Waals surface area contributed by atoms with Gasteiger partial charge in [0, 0.05) is 11.4 Å². The molecular formula is C13H14ClFN2O2S2. The monoisotopic (exact) mass is 348 g/mol. The molecule has 0 unspecified atom stereocenters. The van der Waals surface area contributed by atoms with Gasteiger partial charge in [0.15, 0.2) is 0 Å². The van der Waals surface area contributed by atoms with Gasteiger partial charge in [0.25, 0.3) is 10.0 Å². The van der Waals surface area contributed by atoms with Gasteiger partial charge in [0.1, 0.15) is 10.7 Å². The molecule has 0 aliphatic heterocycles. The van der Waals surface area contributed by atoms with Crippen LogP contribution in [0.15, 0.2) is 34.5 Å². The van der Waals surface area contributed by atoms with Crippen LogP contribution >= 0.6 is 22.9 Å². The average molecular weight is 349 g/mol. The van der Waals surface area contributed by atoms with E-state index in [0.717, 1.165) is 12.6 Å². The second-order valence-corrected chi connectivity index (χ2v) is 7.28. The van der Waals surface area contributed by atoms with Crippen molar-refractivity contribution in [2.75, 3.05) is 11.3 Å². The lowest BCUT2D eigenvalue weighted by molar-refractivity contribution is 0.599. The zero-order valence-corrected chi connectivity index (χ0v) is 13.6. The summed E-state index contributed by atoms with van der Waals surface area (Å²) < 4.78 is 40.4. The molecule has 1 aromatic carbocycles. The number of sulfonamides is 1. The number of thiophene rings is 1. The second kappa shape index (κ2) is 6.74. The fraction of sp³-hybridized carbons (Fsp3) is 0.231. The van der Waals surface area contributed by atoms with Crippen LogP contribution in [-0.4, -0.2) is 15.0 Å². The van der Waals surface area contributed by atoms with Gasteiger partial charge in [-0.1, -0.05) is 18.5 Å². The summed E-state index contributed by atoms with van der Waals surface area (Å²) in [6, 6.07) is 5.31. The maximum atomic E-state index is 13.4. The van der Waals surface area contributed by atoms with Crippen molar-refractivity contribution in [1.82, 2.24) is 5.32 Å². The molecule has 2 aromatic rings. The third-order valence-electron chi connectivity index (χ3n) is 2.70. The van der Waals surface area contributed by atoms with Crippen LogP contribution in [0, 0.1) is 5.82 Å². The average Bonchev–Trinajstić information content (AvgIpc) is 2.89. The number of nitrogens with one attached hydrogen (secondary N) is 2. The van der Waals surface area contributed by atoms with E-state index in [0.29, 0.717) is 11.4 Å². The molecular weight excluding hydrogens is 335 g/mol. The van der Waals surface area contributed by atoms with Crippen molar-refractivity contribution >= 4 is 38.6 Å². The Bertz CT molecular complexity index is 732. The van der Waals surface area contributed by atoms with E-state index >= 15 is 0 Å². The quantitative estimate of drug-likeness (QED) is 0.840. The SMILES string of the molecule is CCNCc1sccc1S(=O)(=O)Nc1ccc(Cl)c(F)c1. The van der Waals surface area contributed by atoms with Gasteiger partial charge in [-0.3, -0.25) is 4.72 Å². The van der Waals surface area contributed by atoms with Crippen LogP contribution in [0.1, 0.15) is 11.8 Å². The summed E-state index contributed by atoms with van der Waals surface area (Å²) in [5.41, 5.74) is 0.137. The van der Waals surface area contributed by atoms with Crippen molar-refractivity contribution in [2.45, 2.75) is 18.4 Å². The smallest absolute Gasteiger partial charge is 0.263 e. The van der Waals surface area contributed by atoms with E-state index in [-0.39, 0.29) is 15.6 Å². The van der Waals surface area contributed by atoms with E-state index in [2.05, 4.69) is 10.0 Å². The zero-order valence-electron chi connectivity index (χ0n) is 11.2. The minimum atomic E-state index is -3.75. The zero-order chi connectivity index (χ0) is 15.5. The van der Waals surface area contributed by atoms with E-state index in [1.54, 1.807) is 5.38 Å². The highest BCUT2D eigenvalue weighted by atomic mass is 35.5. The molecule has 21 heavy (non-hydrogen) atoms. The highest BCUT2D eigenvalue weighted by Gasteiger charge is 2.20. The van der Waals surface area contributed by atoms with Crippen molar-refractivity contribution in [2.24, 2.45) is 0 Å². The highest BCUT2D eigenvalue weighted by molar-refractivity contribution is 7.93. The fourth-order valence-electron chi connectivity index (χ4n) is 1.71. The van der Waals surface area contributed by atoms with Gasteiger partial charge in [-0.25, -0.2) is 12.8 Å². The van der Waals surface area contributed by atoms with Gasteiger partial charge in [-0.2, -0.15) is 0 Å². The number of hydrogen-bond donors (Lipinski definition) is 2. The molecule has 0 fully saturated rings. The third-order valence-corrected chi connectivity index (χ3v) is 5.52. The van der Waals surface area contributed by atoms with Gasteiger partial charge in [0.2, 0.25) is 0 Å². The van der Waals surface area contributed by atoms with Crippen LogP contribution in [0.3, 0.4) is 0 Å². The molecule has 0 aliphatic carbocycles. The summed E-state index contributed by atoms with van der Waals surface area (Å²) in [6.45, 7) is 3.16. The minimum absolute atomic E-state index is 0.0543. The predicted octanol–water partition coefficient (Wildman–Crippen LogP) is 3.45. The number of benzene rings is 1. The molecule has 0 spiro atoms. The Morgan fingerprint density at radius 1 is 1.33 bits per heavy atom. The van der Waals surface area contributed by atoms with Crippen LogP contribution in [0.4, 0.5) is 10.1 Å². The summed E-state index contributed by atoms with van der Waals surface area (Å²) in [7, 11) is -3.75. The first-order valence-corrected chi connectivity index (χ1v) is 8.93. The molecule has 0 radical (unpaired) electrons. The Hall–Kier alpha value is -1.15. The molecule has 114 valence electrons. The molecule has 0 saturated heterocycles. The highest BCUT2D eigenvalue weighted by Crippen LogP contribution is 2.25. The molecule has 1 heterocycles. The van der Waals surface area contributed by atoms with E-state index in [1.165, 1.54) is 29.5 Å². The van der Waals surface area contributed by atoms with Crippen molar-refractivity contribution in [1.29, 1.82) is 0 Å². The topological polar surface area (TPSA) is 58.2 Å².